The van der Waals surface area contributed by atoms with Crippen LogP contribution in [0.5, 0.6) is 0 Å². The fourth-order valence-electron chi connectivity index (χ4n) is 4.40. The highest BCUT2D eigenvalue weighted by Gasteiger charge is 2.35. The van der Waals surface area contributed by atoms with Gasteiger partial charge >= 0.3 is 6.03 Å². The van der Waals surface area contributed by atoms with Gasteiger partial charge in [-0.2, -0.15) is 0 Å². The topological polar surface area (TPSA) is 73.5 Å². The van der Waals surface area contributed by atoms with E-state index < -0.39 is 0 Å². The number of piperidine rings is 3. The first-order valence-electron chi connectivity index (χ1n) is 10.3. The Morgan fingerprint density at radius 1 is 0.935 bits per heavy atom. The molecule has 0 aliphatic carbocycles. The van der Waals surface area contributed by atoms with Crippen LogP contribution in [0.4, 0.5) is 16.2 Å². The molecule has 0 spiro atoms. The summed E-state index contributed by atoms with van der Waals surface area (Å²) in [6.07, 6.45) is 2.36. The summed E-state index contributed by atoms with van der Waals surface area (Å²) < 4.78 is 0.978. The Hall–Kier alpha value is -2.61. The van der Waals surface area contributed by atoms with Crippen molar-refractivity contribution in [3.63, 3.8) is 0 Å². The maximum Gasteiger partial charge on any atom is 0.323 e. The second kappa shape index (κ2) is 9.26. The molecule has 3 aliphatic rings. The first kappa shape index (κ1) is 21.6. The molecule has 2 aromatic carbocycles. The summed E-state index contributed by atoms with van der Waals surface area (Å²) in [6.45, 7) is 3.28. The molecule has 2 bridgehead atoms. The van der Waals surface area contributed by atoms with Gasteiger partial charge < -0.3 is 20.9 Å². The van der Waals surface area contributed by atoms with Crippen molar-refractivity contribution in [2.75, 3.05) is 30.3 Å². The lowest BCUT2D eigenvalue weighted by Crippen LogP contribution is -2.57. The van der Waals surface area contributed by atoms with E-state index in [1.54, 1.807) is 0 Å². The van der Waals surface area contributed by atoms with Crippen molar-refractivity contribution in [3.8, 4) is 0 Å². The maximum absolute atomic E-state index is 12.8. The molecule has 1 aromatic heterocycles. The Bertz CT molecular complexity index is 1080. The summed E-state index contributed by atoms with van der Waals surface area (Å²) in [6, 6.07) is 16.9. The average molecular weight is 457 g/mol. The molecule has 0 unspecified atom stereocenters. The summed E-state index contributed by atoms with van der Waals surface area (Å²) in [7, 11) is 0. The SMILES string of the molecule is Cl.O=C(Nc1ccccc1)Nc1ccc2cc(C(=O)N[C@H]3CN4CCC3CC4)sc2c1. The number of anilines is 2. The zero-order chi connectivity index (χ0) is 20.5. The third-order valence-electron chi connectivity index (χ3n) is 6.01. The number of rotatable bonds is 4. The normalized spacial score (nSPS) is 21.9. The zero-order valence-electron chi connectivity index (χ0n) is 17.0. The van der Waals surface area contributed by atoms with Gasteiger partial charge in [0, 0.05) is 28.7 Å². The Labute approximate surface area is 191 Å². The number of thiophene rings is 1. The highest BCUT2D eigenvalue weighted by atomic mass is 35.5. The van der Waals surface area contributed by atoms with Gasteiger partial charge in [0.05, 0.1) is 4.88 Å². The summed E-state index contributed by atoms with van der Waals surface area (Å²) in [5, 5.41) is 9.92. The number of para-hydroxylation sites is 1. The van der Waals surface area contributed by atoms with Crippen LogP contribution in [0.3, 0.4) is 0 Å². The van der Waals surface area contributed by atoms with Crippen LogP contribution in [-0.2, 0) is 0 Å². The van der Waals surface area contributed by atoms with Crippen molar-refractivity contribution in [2.24, 2.45) is 5.92 Å². The van der Waals surface area contributed by atoms with Gasteiger partial charge in [-0.05, 0) is 67.6 Å². The predicted octanol–water partition coefficient (Wildman–Crippen LogP) is 4.79. The number of fused-ring (bicyclic) bond motifs is 4. The van der Waals surface area contributed by atoms with E-state index in [4.69, 9.17) is 0 Å². The van der Waals surface area contributed by atoms with Crippen LogP contribution in [0.15, 0.2) is 54.6 Å². The molecule has 3 aliphatic heterocycles. The maximum atomic E-state index is 12.8. The number of nitrogens with zero attached hydrogens (tertiary/aromatic N) is 1. The summed E-state index contributed by atoms with van der Waals surface area (Å²) in [5.74, 6) is 0.610. The number of carbonyl (C=O) groups is 2. The minimum Gasteiger partial charge on any atom is -0.347 e. The molecule has 4 heterocycles. The molecule has 8 heteroatoms. The van der Waals surface area contributed by atoms with E-state index in [9.17, 15) is 9.59 Å². The molecule has 31 heavy (non-hydrogen) atoms. The van der Waals surface area contributed by atoms with Crippen molar-refractivity contribution in [3.05, 3.63) is 59.5 Å². The minimum atomic E-state index is -0.294. The number of benzene rings is 2. The van der Waals surface area contributed by atoms with Crippen molar-refractivity contribution >= 4 is 57.1 Å². The van der Waals surface area contributed by atoms with Crippen molar-refractivity contribution in [1.82, 2.24) is 10.2 Å². The second-order valence-corrected chi connectivity index (χ2v) is 9.11. The smallest absolute Gasteiger partial charge is 0.323 e. The van der Waals surface area contributed by atoms with Gasteiger partial charge in [0.1, 0.15) is 0 Å². The quantitative estimate of drug-likeness (QED) is 0.528. The Kier molecular flexibility index (Phi) is 6.46. The van der Waals surface area contributed by atoms with E-state index in [2.05, 4.69) is 20.9 Å². The lowest BCUT2D eigenvalue weighted by atomic mass is 9.84. The Morgan fingerprint density at radius 2 is 1.68 bits per heavy atom. The molecule has 3 saturated heterocycles. The fraction of sp³-hybridized carbons (Fsp3) is 0.304. The Balaban J connectivity index is 0.00000231. The van der Waals surface area contributed by atoms with E-state index in [0.29, 0.717) is 16.5 Å². The number of urea groups is 1. The van der Waals surface area contributed by atoms with E-state index in [-0.39, 0.29) is 30.4 Å². The molecule has 3 N–H and O–H groups in total. The molecule has 3 fully saturated rings. The van der Waals surface area contributed by atoms with Crippen LogP contribution in [0.2, 0.25) is 0 Å². The fourth-order valence-corrected chi connectivity index (χ4v) is 5.41. The number of halogens is 1. The van der Waals surface area contributed by atoms with Crippen LogP contribution < -0.4 is 16.0 Å². The summed E-state index contributed by atoms with van der Waals surface area (Å²) in [4.78, 5) is 28.2. The van der Waals surface area contributed by atoms with Crippen LogP contribution in [0.1, 0.15) is 22.5 Å². The third-order valence-corrected chi connectivity index (χ3v) is 7.10. The van der Waals surface area contributed by atoms with Gasteiger partial charge in [0.25, 0.3) is 5.91 Å². The first-order chi connectivity index (χ1) is 14.6. The number of carbonyl (C=O) groups excluding carboxylic acids is 2. The molecule has 0 saturated carbocycles. The second-order valence-electron chi connectivity index (χ2n) is 8.03. The lowest BCUT2D eigenvalue weighted by Gasteiger charge is -2.44. The average Bonchev–Trinajstić information content (AvgIpc) is 3.19. The molecule has 6 rings (SSSR count). The van der Waals surface area contributed by atoms with Gasteiger partial charge in [-0.15, -0.1) is 23.7 Å². The third kappa shape index (κ3) is 4.84. The van der Waals surface area contributed by atoms with Gasteiger partial charge in [-0.1, -0.05) is 24.3 Å². The van der Waals surface area contributed by atoms with Crippen molar-refractivity contribution in [1.29, 1.82) is 0 Å². The monoisotopic (exact) mass is 456 g/mol. The zero-order valence-corrected chi connectivity index (χ0v) is 18.6. The van der Waals surface area contributed by atoms with Crippen molar-refractivity contribution in [2.45, 2.75) is 18.9 Å². The van der Waals surface area contributed by atoms with E-state index in [0.717, 1.165) is 35.4 Å². The number of amides is 3. The molecular weight excluding hydrogens is 432 g/mol. The molecule has 0 radical (unpaired) electrons. The summed E-state index contributed by atoms with van der Waals surface area (Å²) in [5.41, 5.74) is 1.43. The molecule has 6 nitrogen and oxygen atoms in total. The lowest BCUT2D eigenvalue weighted by molar-refractivity contribution is 0.0622. The standard InChI is InChI=1S/C23H24N4O2S.ClH/c28-22(26-19-14-27-10-8-15(19)9-11-27)21-12-16-6-7-18(13-20(16)30-21)25-23(29)24-17-4-2-1-3-5-17;/h1-7,12-13,15,19H,8-11,14H2,(H,26,28)(H2,24,25,29);1H/t19-;/m0./s1. The Morgan fingerprint density at radius 3 is 2.39 bits per heavy atom. The van der Waals surface area contributed by atoms with Gasteiger partial charge in [0.15, 0.2) is 0 Å². The highest BCUT2D eigenvalue weighted by molar-refractivity contribution is 7.20. The molecular formula is C23H25ClN4O2S. The minimum absolute atomic E-state index is 0. The van der Waals surface area contributed by atoms with E-state index in [1.807, 2.05) is 54.6 Å². The number of hydrogen-bond acceptors (Lipinski definition) is 4. The molecule has 3 amide bonds. The predicted molar refractivity (Wildman–Crippen MR) is 129 cm³/mol. The molecule has 3 aromatic rings. The van der Waals surface area contributed by atoms with Gasteiger partial charge in [0.2, 0.25) is 0 Å². The molecule has 162 valence electrons. The highest BCUT2D eigenvalue weighted by Crippen LogP contribution is 2.30. The summed E-state index contributed by atoms with van der Waals surface area (Å²) >= 11 is 1.46. The molecule has 1 atom stereocenters. The van der Waals surface area contributed by atoms with Crippen LogP contribution >= 0.6 is 23.7 Å². The van der Waals surface area contributed by atoms with Crippen molar-refractivity contribution < 1.29 is 9.59 Å². The van der Waals surface area contributed by atoms with Gasteiger partial charge in [-0.3, -0.25) is 4.79 Å². The van der Waals surface area contributed by atoms with Crippen LogP contribution in [-0.4, -0.2) is 42.5 Å². The number of hydrogen-bond donors (Lipinski definition) is 3. The van der Waals surface area contributed by atoms with E-state index in [1.165, 1.54) is 24.2 Å². The number of nitrogens with one attached hydrogen (secondary N) is 3. The van der Waals surface area contributed by atoms with E-state index >= 15 is 0 Å². The van der Waals surface area contributed by atoms with Gasteiger partial charge in [-0.25, -0.2) is 4.79 Å². The van der Waals surface area contributed by atoms with Crippen LogP contribution in [0.25, 0.3) is 10.1 Å². The first-order valence-corrected chi connectivity index (χ1v) is 11.2. The largest absolute Gasteiger partial charge is 0.347 e. The van der Waals surface area contributed by atoms with Crippen LogP contribution in [0, 0.1) is 5.92 Å².